The van der Waals surface area contributed by atoms with Crippen molar-refractivity contribution in [3.05, 3.63) is 59.5 Å². The number of rotatable bonds is 6. The van der Waals surface area contributed by atoms with E-state index in [1.807, 2.05) is 53.9 Å². The predicted octanol–water partition coefficient (Wildman–Crippen LogP) is 3.72. The van der Waals surface area contributed by atoms with E-state index >= 15 is 0 Å². The van der Waals surface area contributed by atoms with Gasteiger partial charge in [0.05, 0.1) is 19.2 Å². The third kappa shape index (κ3) is 3.63. The third-order valence-corrected chi connectivity index (χ3v) is 4.40. The summed E-state index contributed by atoms with van der Waals surface area (Å²) < 4.78 is 11.8. The molecule has 0 spiro atoms. The van der Waals surface area contributed by atoms with Gasteiger partial charge in [0.1, 0.15) is 18.1 Å². The molecule has 0 bridgehead atoms. The molecule has 0 saturated heterocycles. The Hall–Kier alpha value is -2.53. The molecule has 23 heavy (non-hydrogen) atoms. The fraction of sp³-hybridized carbons (Fsp3) is 0.167. The van der Waals surface area contributed by atoms with E-state index in [0.29, 0.717) is 13.2 Å². The van der Waals surface area contributed by atoms with Gasteiger partial charge < -0.3 is 14.8 Å². The Morgan fingerprint density at radius 3 is 2.61 bits per heavy atom. The van der Waals surface area contributed by atoms with Crippen molar-refractivity contribution in [2.75, 3.05) is 20.3 Å². The Bertz CT molecular complexity index is 795. The summed E-state index contributed by atoms with van der Waals surface area (Å²) >= 11 is 1.58. The lowest BCUT2D eigenvalue weighted by Gasteiger charge is -2.08. The molecule has 4 nitrogen and oxygen atoms in total. The van der Waals surface area contributed by atoms with Crippen LogP contribution >= 0.6 is 11.3 Å². The van der Waals surface area contributed by atoms with Crippen LogP contribution in [-0.2, 0) is 0 Å². The van der Waals surface area contributed by atoms with Gasteiger partial charge in [-0.05, 0) is 30.3 Å². The van der Waals surface area contributed by atoms with Gasteiger partial charge in [-0.15, -0.1) is 11.3 Å². The molecule has 1 amide bonds. The Morgan fingerprint density at radius 2 is 1.83 bits per heavy atom. The molecule has 2 aromatic carbocycles. The van der Waals surface area contributed by atoms with Crippen molar-refractivity contribution < 1.29 is 14.3 Å². The summed E-state index contributed by atoms with van der Waals surface area (Å²) in [7, 11) is 1.62. The Labute approximate surface area is 138 Å². The number of hydrogen-bond acceptors (Lipinski definition) is 4. The molecule has 0 aliphatic rings. The second kappa shape index (κ2) is 7.15. The van der Waals surface area contributed by atoms with Crippen LogP contribution in [0.1, 0.15) is 10.4 Å². The maximum absolute atomic E-state index is 12.2. The van der Waals surface area contributed by atoms with Gasteiger partial charge in [0.15, 0.2) is 0 Å². The van der Waals surface area contributed by atoms with E-state index in [1.54, 1.807) is 18.4 Å². The SMILES string of the molecule is COc1ccc(OCCNC(=O)c2csc3ccccc23)cc1. The van der Waals surface area contributed by atoms with Crippen LogP contribution in [0.25, 0.3) is 10.1 Å². The molecule has 0 aliphatic heterocycles. The maximum atomic E-state index is 12.2. The lowest BCUT2D eigenvalue weighted by molar-refractivity contribution is 0.0949. The monoisotopic (exact) mass is 327 g/mol. The van der Waals surface area contributed by atoms with E-state index in [0.717, 1.165) is 27.1 Å². The number of fused-ring (bicyclic) bond motifs is 1. The highest BCUT2D eigenvalue weighted by molar-refractivity contribution is 7.17. The number of ether oxygens (including phenoxy) is 2. The summed E-state index contributed by atoms with van der Waals surface area (Å²) in [4.78, 5) is 12.2. The smallest absolute Gasteiger partial charge is 0.252 e. The van der Waals surface area contributed by atoms with Gasteiger partial charge in [0, 0.05) is 15.5 Å². The van der Waals surface area contributed by atoms with E-state index in [9.17, 15) is 4.79 Å². The lowest BCUT2D eigenvalue weighted by Crippen LogP contribution is -2.27. The molecule has 3 rings (SSSR count). The molecule has 0 aliphatic carbocycles. The maximum Gasteiger partial charge on any atom is 0.252 e. The van der Waals surface area contributed by atoms with Gasteiger partial charge in [-0.2, -0.15) is 0 Å². The predicted molar refractivity (Wildman–Crippen MR) is 92.6 cm³/mol. The van der Waals surface area contributed by atoms with Crippen LogP contribution in [0.4, 0.5) is 0 Å². The molecule has 1 aromatic heterocycles. The molecule has 1 heterocycles. The van der Waals surface area contributed by atoms with Gasteiger partial charge >= 0.3 is 0 Å². The Morgan fingerprint density at radius 1 is 1.09 bits per heavy atom. The Kier molecular flexibility index (Phi) is 4.78. The van der Waals surface area contributed by atoms with Crippen LogP contribution < -0.4 is 14.8 Å². The number of thiophene rings is 1. The first kappa shape index (κ1) is 15.4. The van der Waals surface area contributed by atoms with Crippen molar-refractivity contribution in [2.45, 2.75) is 0 Å². The molecule has 5 heteroatoms. The standard InChI is InChI=1S/C18H17NO3S/c1-21-13-6-8-14(9-7-13)22-11-10-19-18(20)16-12-23-17-5-3-2-4-15(16)17/h2-9,12H,10-11H2,1H3,(H,19,20). The summed E-state index contributed by atoms with van der Waals surface area (Å²) in [6.07, 6.45) is 0. The van der Waals surface area contributed by atoms with Crippen molar-refractivity contribution in [3.63, 3.8) is 0 Å². The molecule has 3 aromatic rings. The highest BCUT2D eigenvalue weighted by Gasteiger charge is 2.11. The molecule has 118 valence electrons. The highest BCUT2D eigenvalue weighted by Crippen LogP contribution is 2.25. The summed E-state index contributed by atoms with van der Waals surface area (Å²) in [6.45, 7) is 0.870. The van der Waals surface area contributed by atoms with E-state index in [4.69, 9.17) is 9.47 Å². The number of nitrogens with one attached hydrogen (secondary N) is 1. The molecule has 0 saturated carbocycles. The zero-order valence-corrected chi connectivity index (χ0v) is 13.6. The van der Waals surface area contributed by atoms with E-state index in [1.165, 1.54) is 0 Å². The first-order valence-corrected chi connectivity index (χ1v) is 8.17. The second-order valence-corrected chi connectivity index (χ2v) is 5.84. The normalized spacial score (nSPS) is 10.5. The second-order valence-electron chi connectivity index (χ2n) is 4.93. The molecule has 1 N–H and O–H groups in total. The van der Waals surface area contributed by atoms with E-state index in [2.05, 4.69) is 5.32 Å². The van der Waals surface area contributed by atoms with Crippen molar-refractivity contribution in [2.24, 2.45) is 0 Å². The van der Waals surface area contributed by atoms with Gasteiger partial charge in [-0.3, -0.25) is 4.79 Å². The third-order valence-electron chi connectivity index (χ3n) is 3.44. The topological polar surface area (TPSA) is 47.6 Å². The summed E-state index contributed by atoms with van der Waals surface area (Å²) in [6, 6.07) is 15.3. The summed E-state index contributed by atoms with van der Waals surface area (Å²) in [5.41, 5.74) is 0.718. The Balaban J connectivity index is 1.51. The zero-order chi connectivity index (χ0) is 16.1. The van der Waals surface area contributed by atoms with Crippen molar-refractivity contribution >= 4 is 27.3 Å². The summed E-state index contributed by atoms with van der Waals surface area (Å²) in [5, 5.41) is 5.77. The molecule has 0 atom stereocenters. The van der Waals surface area contributed by atoms with Gasteiger partial charge in [-0.1, -0.05) is 18.2 Å². The molecule has 0 unspecified atom stereocenters. The van der Waals surface area contributed by atoms with Crippen molar-refractivity contribution in [3.8, 4) is 11.5 Å². The zero-order valence-electron chi connectivity index (χ0n) is 12.7. The number of benzene rings is 2. The molecule has 0 fully saturated rings. The molecular weight excluding hydrogens is 310 g/mol. The van der Waals surface area contributed by atoms with E-state index in [-0.39, 0.29) is 5.91 Å². The van der Waals surface area contributed by atoms with Crippen LogP contribution in [0.5, 0.6) is 11.5 Å². The van der Waals surface area contributed by atoms with Crippen LogP contribution in [0.3, 0.4) is 0 Å². The number of carbonyl (C=O) groups excluding carboxylic acids is 1. The minimum Gasteiger partial charge on any atom is -0.497 e. The van der Waals surface area contributed by atoms with Crippen LogP contribution in [0.15, 0.2) is 53.9 Å². The van der Waals surface area contributed by atoms with Crippen LogP contribution in [0.2, 0.25) is 0 Å². The number of carbonyl (C=O) groups is 1. The minimum atomic E-state index is -0.0687. The average Bonchev–Trinajstić information content (AvgIpc) is 3.03. The number of amides is 1. The van der Waals surface area contributed by atoms with Gasteiger partial charge in [0.25, 0.3) is 5.91 Å². The highest BCUT2D eigenvalue weighted by atomic mass is 32.1. The first-order chi connectivity index (χ1) is 11.3. The molecular formula is C18H17NO3S. The first-order valence-electron chi connectivity index (χ1n) is 7.29. The molecule has 0 radical (unpaired) electrons. The van der Waals surface area contributed by atoms with Gasteiger partial charge in [-0.25, -0.2) is 0 Å². The quantitative estimate of drug-likeness (QED) is 0.702. The minimum absolute atomic E-state index is 0.0687. The number of hydrogen-bond donors (Lipinski definition) is 1. The summed E-state index contributed by atoms with van der Waals surface area (Å²) in [5.74, 6) is 1.47. The van der Waals surface area contributed by atoms with Gasteiger partial charge in [0.2, 0.25) is 0 Å². The fourth-order valence-corrected chi connectivity index (χ4v) is 3.20. The van der Waals surface area contributed by atoms with Crippen LogP contribution in [-0.4, -0.2) is 26.2 Å². The lowest BCUT2D eigenvalue weighted by atomic mass is 10.2. The van der Waals surface area contributed by atoms with Crippen LogP contribution in [0, 0.1) is 0 Å². The van der Waals surface area contributed by atoms with Crippen molar-refractivity contribution in [1.82, 2.24) is 5.32 Å². The van der Waals surface area contributed by atoms with E-state index < -0.39 is 0 Å². The average molecular weight is 327 g/mol. The number of methoxy groups -OCH3 is 1. The largest absolute Gasteiger partial charge is 0.497 e. The fourth-order valence-electron chi connectivity index (χ4n) is 2.25. The van der Waals surface area contributed by atoms with Crippen molar-refractivity contribution in [1.29, 1.82) is 0 Å².